The number of rotatable bonds is 7. The zero-order valence-corrected chi connectivity index (χ0v) is 12.4. The second-order valence-corrected chi connectivity index (χ2v) is 4.98. The minimum atomic E-state index is -0.0939. The molecular weight excluding hydrogens is 266 g/mol. The van der Waals surface area contributed by atoms with Gasteiger partial charge in [0.1, 0.15) is 0 Å². The van der Waals surface area contributed by atoms with E-state index in [4.69, 9.17) is 0 Å². The third-order valence-electron chi connectivity index (χ3n) is 3.05. The molecule has 0 aliphatic heterocycles. The van der Waals surface area contributed by atoms with Gasteiger partial charge in [0.25, 0.3) is 5.91 Å². The number of nitrogens with one attached hydrogen (secondary N) is 2. The van der Waals surface area contributed by atoms with Crippen molar-refractivity contribution in [1.29, 1.82) is 0 Å². The van der Waals surface area contributed by atoms with Gasteiger partial charge in [-0.2, -0.15) is 0 Å². The average molecular weight is 287 g/mol. The monoisotopic (exact) mass is 287 g/mol. The van der Waals surface area contributed by atoms with Crippen LogP contribution in [0.15, 0.2) is 37.2 Å². The van der Waals surface area contributed by atoms with Crippen molar-refractivity contribution >= 4 is 11.6 Å². The fraction of sp³-hybridized carbons (Fsp3) is 0.400. The maximum atomic E-state index is 12.4. The number of imidazole rings is 1. The maximum absolute atomic E-state index is 12.4. The van der Waals surface area contributed by atoms with Crippen LogP contribution in [0.2, 0.25) is 0 Å². The number of carbonyl (C=O) groups is 1. The van der Waals surface area contributed by atoms with Gasteiger partial charge in [0.05, 0.1) is 23.8 Å². The SMILES string of the molecule is CCCNc1cnccc1C(=O)NC(C)Cn1ccnc1. The van der Waals surface area contributed by atoms with Gasteiger partial charge in [0, 0.05) is 37.7 Å². The molecule has 6 heteroatoms. The molecule has 1 amide bonds. The van der Waals surface area contributed by atoms with E-state index in [0.29, 0.717) is 12.1 Å². The zero-order chi connectivity index (χ0) is 15.1. The molecule has 1 atom stereocenters. The molecule has 6 nitrogen and oxygen atoms in total. The van der Waals surface area contributed by atoms with E-state index >= 15 is 0 Å². The minimum absolute atomic E-state index is 0.0129. The van der Waals surface area contributed by atoms with Gasteiger partial charge < -0.3 is 15.2 Å². The van der Waals surface area contributed by atoms with Crippen molar-refractivity contribution in [2.75, 3.05) is 11.9 Å². The van der Waals surface area contributed by atoms with Crippen molar-refractivity contribution in [2.24, 2.45) is 0 Å². The van der Waals surface area contributed by atoms with Crippen LogP contribution in [0.4, 0.5) is 5.69 Å². The summed E-state index contributed by atoms with van der Waals surface area (Å²) in [7, 11) is 0. The summed E-state index contributed by atoms with van der Waals surface area (Å²) in [6.07, 6.45) is 9.65. The molecule has 2 heterocycles. The van der Waals surface area contributed by atoms with Crippen LogP contribution in [0.1, 0.15) is 30.6 Å². The van der Waals surface area contributed by atoms with E-state index in [1.54, 1.807) is 31.0 Å². The largest absolute Gasteiger partial charge is 0.383 e. The number of anilines is 1. The lowest BCUT2D eigenvalue weighted by Crippen LogP contribution is -2.35. The summed E-state index contributed by atoms with van der Waals surface area (Å²) in [6.45, 7) is 5.56. The molecule has 21 heavy (non-hydrogen) atoms. The van der Waals surface area contributed by atoms with E-state index in [1.807, 2.05) is 17.7 Å². The third-order valence-corrected chi connectivity index (χ3v) is 3.05. The molecule has 1 unspecified atom stereocenters. The fourth-order valence-electron chi connectivity index (χ4n) is 2.05. The molecule has 0 saturated heterocycles. The predicted molar refractivity (Wildman–Crippen MR) is 82.2 cm³/mol. The van der Waals surface area contributed by atoms with Crippen molar-refractivity contribution < 1.29 is 4.79 Å². The van der Waals surface area contributed by atoms with Crippen LogP contribution in [-0.2, 0) is 6.54 Å². The van der Waals surface area contributed by atoms with E-state index in [1.165, 1.54) is 0 Å². The average Bonchev–Trinajstić information content (AvgIpc) is 2.98. The zero-order valence-electron chi connectivity index (χ0n) is 12.4. The van der Waals surface area contributed by atoms with Crippen LogP contribution in [0, 0.1) is 0 Å². The topological polar surface area (TPSA) is 71.8 Å². The highest BCUT2D eigenvalue weighted by atomic mass is 16.1. The lowest BCUT2D eigenvalue weighted by Gasteiger charge is -2.16. The van der Waals surface area contributed by atoms with E-state index < -0.39 is 0 Å². The van der Waals surface area contributed by atoms with Crippen LogP contribution in [0.5, 0.6) is 0 Å². The molecule has 0 fully saturated rings. The number of nitrogens with zero attached hydrogens (tertiary/aromatic N) is 3. The Labute approximate surface area is 124 Å². The van der Waals surface area contributed by atoms with Crippen LogP contribution in [0.25, 0.3) is 0 Å². The first kappa shape index (κ1) is 15.0. The lowest BCUT2D eigenvalue weighted by atomic mass is 10.2. The molecule has 0 radical (unpaired) electrons. The van der Waals surface area contributed by atoms with Gasteiger partial charge >= 0.3 is 0 Å². The molecule has 0 aliphatic carbocycles. The van der Waals surface area contributed by atoms with Crippen LogP contribution < -0.4 is 10.6 Å². The molecule has 2 aromatic rings. The van der Waals surface area contributed by atoms with E-state index in [0.717, 1.165) is 18.7 Å². The maximum Gasteiger partial charge on any atom is 0.253 e. The second kappa shape index (κ2) is 7.42. The molecule has 0 bridgehead atoms. The normalized spacial score (nSPS) is 11.9. The lowest BCUT2D eigenvalue weighted by molar-refractivity contribution is 0.0937. The highest BCUT2D eigenvalue weighted by Crippen LogP contribution is 2.13. The molecule has 0 aliphatic rings. The highest BCUT2D eigenvalue weighted by molar-refractivity contribution is 5.99. The highest BCUT2D eigenvalue weighted by Gasteiger charge is 2.13. The summed E-state index contributed by atoms with van der Waals surface area (Å²) in [6, 6.07) is 1.75. The summed E-state index contributed by atoms with van der Waals surface area (Å²) in [5.41, 5.74) is 1.39. The first-order valence-electron chi connectivity index (χ1n) is 7.15. The molecule has 0 aromatic carbocycles. The van der Waals surface area contributed by atoms with E-state index in [-0.39, 0.29) is 11.9 Å². The van der Waals surface area contributed by atoms with Gasteiger partial charge in [-0.15, -0.1) is 0 Å². The molecule has 0 saturated carbocycles. The van der Waals surface area contributed by atoms with Crippen molar-refractivity contribution in [3.8, 4) is 0 Å². The molecular formula is C15H21N5O. The van der Waals surface area contributed by atoms with E-state index in [2.05, 4.69) is 27.5 Å². The number of amides is 1. The van der Waals surface area contributed by atoms with Crippen LogP contribution in [0.3, 0.4) is 0 Å². The summed E-state index contributed by atoms with van der Waals surface area (Å²) < 4.78 is 1.94. The Hall–Kier alpha value is -2.37. The van der Waals surface area contributed by atoms with Crippen molar-refractivity contribution in [3.63, 3.8) is 0 Å². The van der Waals surface area contributed by atoms with Crippen molar-refractivity contribution in [2.45, 2.75) is 32.9 Å². The van der Waals surface area contributed by atoms with Crippen molar-refractivity contribution in [3.05, 3.63) is 42.7 Å². The number of hydrogen-bond acceptors (Lipinski definition) is 4. The van der Waals surface area contributed by atoms with E-state index in [9.17, 15) is 4.79 Å². The quantitative estimate of drug-likeness (QED) is 0.816. The Bertz CT molecular complexity index is 567. The third kappa shape index (κ3) is 4.30. The summed E-state index contributed by atoms with van der Waals surface area (Å²) in [4.78, 5) is 20.4. The molecule has 2 aromatic heterocycles. The molecule has 2 rings (SSSR count). The molecule has 0 spiro atoms. The Kier molecular flexibility index (Phi) is 5.31. The van der Waals surface area contributed by atoms with Gasteiger partial charge in [-0.25, -0.2) is 4.98 Å². The number of hydrogen-bond donors (Lipinski definition) is 2. The molecule has 112 valence electrons. The minimum Gasteiger partial charge on any atom is -0.383 e. The fourth-order valence-corrected chi connectivity index (χ4v) is 2.05. The second-order valence-electron chi connectivity index (χ2n) is 4.98. The summed E-state index contributed by atoms with van der Waals surface area (Å²) in [5, 5.41) is 6.22. The Morgan fingerprint density at radius 3 is 2.95 bits per heavy atom. The summed E-state index contributed by atoms with van der Waals surface area (Å²) in [5.74, 6) is -0.0939. The van der Waals surface area contributed by atoms with Crippen LogP contribution >= 0.6 is 0 Å². The van der Waals surface area contributed by atoms with Crippen molar-refractivity contribution in [1.82, 2.24) is 19.9 Å². The first-order chi connectivity index (χ1) is 10.2. The first-order valence-corrected chi connectivity index (χ1v) is 7.15. The number of pyridine rings is 1. The van der Waals surface area contributed by atoms with Gasteiger partial charge in [0.2, 0.25) is 0 Å². The molecule has 2 N–H and O–H groups in total. The smallest absolute Gasteiger partial charge is 0.253 e. The number of carbonyl (C=O) groups excluding carboxylic acids is 1. The van der Waals surface area contributed by atoms with Crippen LogP contribution in [-0.4, -0.2) is 33.0 Å². The summed E-state index contributed by atoms with van der Waals surface area (Å²) >= 11 is 0. The number of aromatic nitrogens is 3. The predicted octanol–water partition coefficient (Wildman–Crippen LogP) is 1.92. The Balaban J connectivity index is 1.99. The Morgan fingerprint density at radius 2 is 2.24 bits per heavy atom. The van der Waals surface area contributed by atoms with Gasteiger partial charge in [-0.05, 0) is 19.4 Å². The van der Waals surface area contributed by atoms with Gasteiger partial charge in [0.15, 0.2) is 0 Å². The standard InChI is InChI=1S/C15H21N5O/c1-3-5-18-14-9-16-6-4-13(14)15(21)19-12(2)10-20-8-7-17-11-20/h4,6-9,11-12,18H,3,5,10H2,1-2H3,(H,19,21). The van der Waals surface area contributed by atoms with Gasteiger partial charge in [-0.3, -0.25) is 9.78 Å². The Morgan fingerprint density at radius 1 is 1.38 bits per heavy atom. The van der Waals surface area contributed by atoms with Gasteiger partial charge in [-0.1, -0.05) is 6.92 Å².